The number of benzene rings is 9. The van der Waals surface area contributed by atoms with E-state index in [-0.39, 0.29) is 0 Å². The van der Waals surface area contributed by atoms with Gasteiger partial charge in [0.1, 0.15) is 11.2 Å². The molecule has 12 aromatic rings. The minimum Gasteiger partial charge on any atom is -0.456 e. The van der Waals surface area contributed by atoms with Crippen LogP contribution in [-0.4, -0.2) is 19.5 Å². The van der Waals surface area contributed by atoms with E-state index in [4.69, 9.17) is 19.4 Å². The lowest BCUT2D eigenvalue weighted by Crippen LogP contribution is -2.04. The van der Waals surface area contributed by atoms with Crippen LogP contribution in [0.1, 0.15) is 0 Å². The van der Waals surface area contributed by atoms with E-state index in [2.05, 4.69) is 174 Å². The van der Waals surface area contributed by atoms with Gasteiger partial charge in [0.05, 0.1) is 16.7 Å². The minimum atomic E-state index is 0.581. The number of hydrogen-bond donors (Lipinski definition) is 0. The third kappa shape index (κ3) is 6.14. The van der Waals surface area contributed by atoms with Gasteiger partial charge in [0, 0.05) is 38.2 Å². The van der Waals surface area contributed by atoms with Crippen LogP contribution in [0.4, 0.5) is 0 Å². The Bertz CT molecular complexity index is 3500. The highest BCUT2D eigenvalue weighted by Crippen LogP contribution is 2.42. The fourth-order valence-corrected chi connectivity index (χ4v) is 8.85. The van der Waals surface area contributed by atoms with Crippen LogP contribution in [0.5, 0.6) is 0 Å². The monoisotopic (exact) mass is 792 g/mol. The second-order valence-electron chi connectivity index (χ2n) is 15.6. The topological polar surface area (TPSA) is 56.7 Å². The maximum atomic E-state index is 6.44. The number of para-hydroxylation sites is 2. The zero-order valence-corrected chi connectivity index (χ0v) is 33.5. The lowest BCUT2D eigenvalue weighted by Gasteiger charge is -2.17. The van der Waals surface area contributed by atoms with Gasteiger partial charge >= 0.3 is 0 Å². The smallest absolute Gasteiger partial charge is 0.166 e. The van der Waals surface area contributed by atoms with Gasteiger partial charge in [-0.3, -0.25) is 0 Å². The highest BCUT2D eigenvalue weighted by Gasteiger charge is 2.22. The molecule has 0 N–H and O–H groups in total. The summed E-state index contributed by atoms with van der Waals surface area (Å²) in [5.74, 6) is 1.80. The molecule has 0 bridgehead atoms. The Labute approximate surface area is 357 Å². The molecule has 0 amide bonds. The largest absolute Gasteiger partial charge is 0.456 e. The highest BCUT2D eigenvalue weighted by atomic mass is 16.3. The lowest BCUT2D eigenvalue weighted by molar-refractivity contribution is 0.669. The average Bonchev–Trinajstić information content (AvgIpc) is 3.88. The summed E-state index contributed by atoms with van der Waals surface area (Å²) in [6.07, 6.45) is 0. The number of fused-ring (bicyclic) bond motifs is 6. The van der Waals surface area contributed by atoms with Gasteiger partial charge in [0.15, 0.2) is 17.5 Å². The Morgan fingerprint density at radius 1 is 0.290 bits per heavy atom. The molecule has 0 aliphatic heterocycles. The lowest BCUT2D eigenvalue weighted by atomic mass is 9.92. The summed E-state index contributed by atoms with van der Waals surface area (Å²) in [6.45, 7) is 0. The van der Waals surface area contributed by atoms with E-state index in [1.807, 2.05) is 48.5 Å². The molecule has 3 aromatic heterocycles. The van der Waals surface area contributed by atoms with Crippen molar-refractivity contribution in [1.29, 1.82) is 0 Å². The van der Waals surface area contributed by atoms with Gasteiger partial charge in [-0.05, 0) is 88.0 Å². The van der Waals surface area contributed by atoms with E-state index in [9.17, 15) is 0 Å². The van der Waals surface area contributed by atoms with Crippen molar-refractivity contribution in [2.45, 2.75) is 0 Å². The summed E-state index contributed by atoms with van der Waals surface area (Å²) in [5.41, 5.74) is 14.3. The van der Waals surface area contributed by atoms with Crippen molar-refractivity contribution in [3.8, 4) is 73.2 Å². The Morgan fingerprint density at radius 3 is 1.40 bits per heavy atom. The van der Waals surface area contributed by atoms with Crippen molar-refractivity contribution in [2.75, 3.05) is 0 Å². The normalized spacial score (nSPS) is 11.5. The molecule has 5 heteroatoms. The molecule has 3 heterocycles. The van der Waals surface area contributed by atoms with E-state index in [0.717, 1.165) is 99.5 Å². The van der Waals surface area contributed by atoms with E-state index in [0.29, 0.717) is 17.5 Å². The summed E-state index contributed by atoms with van der Waals surface area (Å²) >= 11 is 0. The summed E-state index contributed by atoms with van der Waals surface area (Å²) in [5, 5.41) is 4.39. The van der Waals surface area contributed by atoms with E-state index >= 15 is 0 Å². The zero-order chi connectivity index (χ0) is 41.0. The van der Waals surface area contributed by atoms with Crippen LogP contribution < -0.4 is 0 Å². The molecule has 0 atom stereocenters. The number of nitrogens with zero attached hydrogens (tertiary/aromatic N) is 4. The number of hydrogen-bond acceptors (Lipinski definition) is 4. The van der Waals surface area contributed by atoms with Gasteiger partial charge in [-0.1, -0.05) is 164 Å². The zero-order valence-electron chi connectivity index (χ0n) is 33.5. The maximum Gasteiger partial charge on any atom is 0.166 e. The Hall–Kier alpha value is -8.41. The van der Waals surface area contributed by atoms with Crippen LogP contribution in [0, 0.1) is 0 Å². The second kappa shape index (κ2) is 14.7. The van der Waals surface area contributed by atoms with Gasteiger partial charge in [-0.25, -0.2) is 15.0 Å². The molecular formula is C57H36N4O. The first kappa shape index (κ1) is 35.5. The van der Waals surface area contributed by atoms with Crippen molar-refractivity contribution in [1.82, 2.24) is 19.5 Å². The van der Waals surface area contributed by atoms with E-state index in [1.165, 1.54) is 0 Å². The first-order chi connectivity index (χ1) is 30.7. The van der Waals surface area contributed by atoms with Gasteiger partial charge < -0.3 is 8.98 Å². The molecule has 0 fully saturated rings. The molecular weight excluding hydrogens is 757 g/mol. The Morgan fingerprint density at radius 2 is 0.790 bits per heavy atom. The maximum absolute atomic E-state index is 6.44. The fraction of sp³-hybridized carbons (Fsp3) is 0. The van der Waals surface area contributed by atoms with Crippen LogP contribution in [0.2, 0.25) is 0 Å². The molecule has 5 nitrogen and oxygen atoms in total. The van der Waals surface area contributed by atoms with Crippen molar-refractivity contribution in [3.63, 3.8) is 0 Å². The van der Waals surface area contributed by atoms with Crippen LogP contribution in [0.15, 0.2) is 223 Å². The van der Waals surface area contributed by atoms with Crippen LogP contribution in [0.25, 0.3) is 117 Å². The van der Waals surface area contributed by atoms with E-state index < -0.39 is 0 Å². The Balaban J connectivity index is 1.17. The summed E-state index contributed by atoms with van der Waals surface area (Å²) in [4.78, 5) is 15.7. The van der Waals surface area contributed by atoms with Crippen LogP contribution in [-0.2, 0) is 0 Å². The molecule has 0 aliphatic rings. The standard InChI is InChI=1S/C57H36N4O/c1-5-17-37(18-6-1)42-31-43(38-19-7-2-8-20-38)33-44(32-42)41-29-30-51(49(34-41)57-59-55(39-21-9-3-10-22-39)58-56(60-57)40-23-11-4-12-24-40)61-50-27-15-13-25-45(50)47-36-54-48(35-52(47)61)46-26-14-16-28-53(46)62-54/h1-36H. The van der Waals surface area contributed by atoms with Gasteiger partial charge in [-0.15, -0.1) is 0 Å². The van der Waals surface area contributed by atoms with Crippen LogP contribution >= 0.6 is 0 Å². The molecule has 290 valence electrons. The quantitative estimate of drug-likeness (QED) is 0.161. The number of rotatable bonds is 7. The SMILES string of the molecule is c1ccc(-c2cc(-c3ccccc3)cc(-c3ccc(-n4c5ccccc5c5cc6oc7ccccc7c6cc54)c(-c4nc(-c5ccccc5)nc(-c5ccccc5)n4)c3)c2)cc1. The molecule has 0 aliphatic carbocycles. The van der Waals surface area contributed by atoms with Crippen molar-refractivity contribution in [3.05, 3.63) is 218 Å². The molecule has 0 saturated heterocycles. The van der Waals surface area contributed by atoms with Crippen molar-refractivity contribution in [2.24, 2.45) is 0 Å². The van der Waals surface area contributed by atoms with Crippen molar-refractivity contribution >= 4 is 43.7 Å². The van der Waals surface area contributed by atoms with Gasteiger partial charge in [-0.2, -0.15) is 0 Å². The summed E-state index contributed by atoms with van der Waals surface area (Å²) in [6, 6.07) is 76.5. The predicted octanol–water partition coefficient (Wildman–Crippen LogP) is 14.9. The van der Waals surface area contributed by atoms with E-state index in [1.54, 1.807) is 0 Å². The first-order valence-electron chi connectivity index (χ1n) is 20.8. The molecule has 0 unspecified atom stereocenters. The highest BCUT2D eigenvalue weighted by molar-refractivity contribution is 6.17. The summed E-state index contributed by atoms with van der Waals surface area (Å²) in [7, 11) is 0. The van der Waals surface area contributed by atoms with Gasteiger partial charge in [0.2, 0.25) is 0 Å². The third-order valence-corrected chi connectivity index (χ3v) is 11.8. The summed E-state index contributed by atoms with van der Waals surface area (Å²) < 4.78 is 8.81. The van der Waals surface area contributed by atoms with Crippen LogP contribution in [0.3, 0.4) is 0 Å². The Kier molecular flexibility index (Phi) is 8.42. The third-order valence-electron chi connectivity index (χ3n) is 11.8. The molecule has 0 radical (unpaired) electrons. The predicted molar refractivity (Wildman–Crippen MR) is 254 cm³/mol. The number of aromatic nitrogens is 4. The molecule has 0 saturated carbocycles. The van der Waals surface area contributed by atoms with Crippen molar-refractivity contribution < 1.29 is 4.42 Å². The van der Waals surface area contributed by atoms with Gasteiger partial charge in [0.25, 0.3) is 0 Å². The number of furan rings is 1. The molecule has 9 aromatic carbocycles. The molecule has 12 rings (SSSR count). The fourth-order valence-electron chi connectivity index (χ4n) is 8.85. The minimum absolute atomic E-state index is 0.581. The average molecular weight is 793 g/mol. The second-order valence-corrected chi connectivity index (χ2v) is 15.6. The molecule has 62 heavy (non-hydrogen) atoms. The first-order valence-corrected chi connectivity index (χ1v) is 20.8. The molecule has 0 spiro atoms.